The summed E-state index contributed by atoms with van der Waals surface area (Å²) in [5, 5.41) is 12.1. The normalized spacial score (nSPS) is 11.1. The number of nitrogens with one attached hydrogen (secondary N) is 2. The second kappa shape index (κ2) is 13.2. The molecule has 4 rings (SSSR count). The highest BCUT2D eigenvalue weighted by molar-refractivity contribution is 7.20. The topological polar surface area (TPSA) is 76.0 Å². The Labute approximate surface area is 251 Å². The first-order chi connectivity index (χ1) is 17.4. The molecular weight excluding hydrogens is 575 g/mol. The summed E-state index contributed by atoms with van der Waals surface area (Å²) in [6.45, 7) is 13.3. The van der Waals surface area contributed by atoms with Gasteiger partial charge in [0.05, 0.1) is 22.7 Å². The summed E-state index contributed by atoms with van der Waals surface area (Å²) in [5.74, 6) is -0.216. The molecule has 2 aromatic carbocycles. The van der Waals surface area contributed by atoms with Crippen LogP contribution in [0.5, 0.6) is 0 Å². The lowest BCUT2D eigenvalue weighted by atomic mass is 9.83. The van der Waals surface area contributed by atoms with Crippen LogP contribution in [0.3, 0.4) is 0 Å². The van der Waals surface area contributed by atoms with E-state index in [-0.39, 0.29) is 42.0 Å². The van der Waals surface area contributed by atoms with Crippen molar-refractivity contribution in [3.63, 3.8) is 0 Å². The second-order valence-electron chi connectivity index (χ2n) is 10.4. The van der Waals surface area contributed by atoms with E-state index < -0.39 is 0 Å². The number of carbonyl (C=O) groups is 2. The number of carbonyl (C=O) groups excluding carboxylic acids is 2. The molecule has 0 atom stereocenters. The molecule has 0 fully saturated rings. The number of aryl methyl sites for hydroxylation is 3. The number of thiophene rings is 1. The highest BCUT2D eigenvalue weighted by atomic mass is 35.5. The molecule has 39 heavy (non-hydrogen) atoms. The third-order valence-corrected chi connectivity index (χ3v) is 7.83. The van der Waals surface area contributed by atoms with Crippen LogP contribution >= 0.6 is 22.9 Å². The number of amides is 2. The zero-order chi connectivity index (χ0) is 26.9. The Hall–Kier alpha value is -2.58. The van der Waals surface area contributed by atoms with Crippen molar-refractivity contribution in [1.29, 1.82) is 0 Å². The van der Waals surface area contributed by atoms with Crippen molar-refractivity contribution in [2.45, 2.75) is 53.4 Å². The molecule has 0 aliphatic carbocycles. The van der Waals surface area contributed by atoms with E-state index in [4.69, 9.17) is 11.6 Å². The maximum absolute atomic E-state index is 12.8. The zero-order valence-electron chi connectivity index (χ0n) is 22.9. The molecule has 0 saturated heterocycles. The molecule has 2 amide bonds. The molecule has 2 N–H and O–H groups in total. The number of rotatable bonds is 7. The summed E-state index contributed by atoms with van der Waals surface area (Å²) in [6.07, 6.45) is 0.326. The van der Waals surface area contributed by atoms with Crippen LogP contribution in [0.2, 0.25) is 5.02 Å². The summed E-state index contributed by atoms with van der Waals surface area (Å²) in [7, 11) is 0. The van der Waals surface area contributed by atoms with Crippen molar-refractivity contribution in [3.05, 3.63) is 80.3 Å². The lowest BCUT2D eigenvalue weighted by molar-refractivity contribution is -0.120. The first kappa shape index (κ1) is 32.6. The van der Waals surface area contributed by atoms with Crippen LogP contribution < -0.4 is 35.4 Å². The van der Waals surface area contributed by atoms with Gasteiger partial charge < -0.3 is 35.4 Å². The number of hydrogen-bond acceptors (Lipinski definition) is 4. The molecule has 2 aromatic heterocycles. The smallest absolute Gasteiger partial charge is 0.261 e. The van der Waals surface area contributed by atoms with Gasteiger partial charge in [-0.3, -0.25) is 9.59 Å². The van der Waals surface area contributed by atoms with E-state index in [9.17, 15) is 9.59 Å². The molecule has 2 heterocycles. The number of halogens is 3. The van der Waals surface area contributed by atoms with Crippen molar-refractivity contribution in [2.75, 3.05) is 13.1 Å². The molecule has 0 bridgehead atoms. The third kappa shape index (κ3) is 7.54. The molecule has 0 saturated carbocycles. The number of hydrogen-bond donors (Lipinski definition) is 2. The van der Waals surface area contributed by atoms with E-state index in [1.807, 2.05) is 41.9 Å². The van der Waals surface area contributed by atoms with Crippen LogP contribution in [0.25, 0.3) is 15.9 Å². The standard InChI is InChI=1S/C29H33ClN4O2S.2ClH/c1-17-13-20(29(4,5)6)14-18(2)23(17)16-26(35)31-11-12-32-27(36)25-15-24-19(3)33-34(28(24)37-25)22-9-7-21(30)8-10-22;;/h7-10,13-15H,11-12,16H2,1-6H3,(H,31,35)(H,32,36);2*1H/p-2. The number of benzene rings is 2. The van der Waals surface area contributed by atoms with Gasteiger partial charge in [-0.25, -0.2) is 4.68 Å². The average molecular weight is 608 g/mol. The lowest BCUT2D eigenvalue weighted by Gasteiger charge is -2.22. The van der Waals surface area contributed by atoms with Gasteiger partial charge in [-0.05, 0) is 78.8 Å². The van der Waals surface area contributed by atoms with E-state index in [2.05, 4.69) is 62.5 Å². The first-order valence-corrected chi connectivity index (χ1v) is 13.5. The van der Waals surface area contributed by atoms with Crippen LogP contribution in [0.4, 0.5) is 0 Å². The minimum atomic E-state index is -0.165. The average Bonchev–Trinajstić information content (AvgIpc) is 3.39. The fourth-order valence-corrected chi connectivity index (χ4v) is 5.54. The number of aromatic nitrogens is 2. The molecule has 0 aliphatic heterocycles. The minimum absolute atomic E-state index is 0. The summed E-state index contributed by atoms with van der Waals surface area (Å²) < 4.78 is 1.83. The van der Waals surface area contributed by atoms with Crippen molar-refractivity contribution in [1.82, 2.24) is 20.4 Å². The predicted molar refractivity (Wildman–Crippen MR) is 152 cm³/mol. The lowest BCUT2D eigenvalue weighted by Crippen LogP contribution is -3.00. The Morgan fingerprint density at radius 3 is 2.13 bits per heavy atom. The Morgan fingerprint density at radius 2 is 1.54 bits per heavy atom. The number of nitrogens with zero attached hydrogens (tertiary/aromatic N) is 2. The SMILES string of the molecule is Cc1cc(C(C)(C)C)cc(C)c1CC(=O)NCCNC(=O)c1cc2c(C)nn(-c3ccc(Cl)cc3)c2s1.[Cl-].[Cl-]. The molecule has 0 unspecified atom stereocenters. The van der Waals surface area contributed by atoms with E-state index in [1.165, 1.54) is 16.9 Å². The molecule has 6 nitrogen and oxygen atoms in total. The van der Waals surface area contributed by atoms with Crippen molar-refractivity contribution >= 4 is 45.0 Å². The van der Waals surface area contributed by atoms with Gasteiger partial charge in [0.2, 0.25) is 5.91 Å². The molecule has 0 radical (unpaired) electrons. The van der Waals surface area contributed by atoms with Crippen LogP contribution in [0.1, 0.15) is 58.4 Å². The van der Waals surface area contributed by atoms with Crippen molar-refractivity contribution < 1.29 is 34.4 Å². The quantitative estimate of drug-likeness (QED) is 0.292. The largest absolute Gasteiger partial charge is 1.00 e. The molecular formula is C29H33Cl3N4O2S-2. The maximum Gasteiger partial charge on any atom is 0.261 e. The fourth-order valence-electron chi connectivity index (χ4n) is 4.31. The molecule has 4 aromatic rings. The summed E-state index contributed by atoms with van der Waals surface area (Å²) in [5.41, 5.74) is 6.40. The molecule has 0 spiro atoms. The van der Waals surface area contributed by atoms with Gasteiger partial charge in [-0.2, -0.15) is 5.10 Å². The molecule has 10 heteroatoms. The van der Waals surface area contributed by atoms with Gasteiger partial charge >= 0.3 is 0 Å². The van der Waals surface area contributed by atoms with E-state index in [0.717, 1.165) is 38.3 Å². The zero-order valence-corrected chi connectivity index (χ0v) is 26.0. The minimum Gasteiger partial charge on any atom is -1.00 e. The van der Waals surface area contributed by atoms with E-state index in [0.29, 0.717) is 29.4 Å². The highest BCUT2D eigenvalue weighted by Crippen LogP contribution is 2.31. The van der Waals surface area contributed by atoms with Gasteiger partial charge in [0, 0.05) is 23.5 Å². The Bertz CT molecular complexity index is 1450. The van der Waals surface area contributed by atoms with E-state index in [1.54, 1.807) is 0 Å². The first-order valence-electron chi connectivity index (χ1n) is 12.3. The van der Waals surface area contributed by atoms with Crippen LogP contribution in [0, 0.1) is 20.8 Å². The van der Waals surface area contributed by atoms with Crippen LogP contribution in [-0.2, 0) is 16.6 Å². The van der Waals surface area contributed by atoms with Gasteiger partial charge in [-0.1, -0.05) is 44.5 Å². The Morgan fingerprint density at radius 1 is 0.949 bits per heavy atom. The predicted octanol–water partition coefficient (Wildman–Crippen LogP) is 0.0599. The van der Waals surface area contributed by atoms with Crippen LogP contribution in [0.15, 0.2) is 42.5 Å². The maximum atomic E-state index is 12.8. The fraction of sp³-hybridized carbons (Fsp3) is 0.345. The summed E-state index contributed by atoms with van der Waals surface area (Å²) in [4.78, 5) is 26.9. The second-order valence-corrected chi connectivity index (χ2v) is 11.9. The van der Waals surface area contributed by atoms with Gasteiger partial charge in [0.25, 0.3) is 5.91 Å². The monoisotopic (exact) mass is 606 g/mol. The third-order valence-electron chi connectivity index (χ3n) is 6.47. The van der Waals surface area contributed by atoms with Gasteiger partial charge in [0.1, 0.15) is 4.83 Å². The molecule has 0 aliphatic rings. The summed E-state index contributed by atoms with van der Waals surface area (Å²) in [6, 6.07) is 13.7. The van der Waals surface area contributed by atoms with Gasteiger partial charge in [0.15, 0.2) is 0 Å². The van der Waals surface area contributed by atoms with Crippen LogP contribution in [-0.4, -0.2) is 34.7 Å². The van der Waals surface area contributed by atoms with Gasteiger partial charge in [-0.15, -0.1) is 11.3 Å². The Kier molecular flexibility index (Phi) is 11.0. The Balaban J connectivity index is 0.00000267. The van der Waals surface area contributed by atoms with Crippen molar-refractivity contribution in [3.8, 4) is 5.69 Å². The highest BCUT2D eigenvalue weighted by Gasteiger charge is 2.19. The number of fused-ring (bicyclic) bond motifs is 1. The summed E-state index contributed by atoms with van der Waals surface area (Å²) >= 11 is 7.41. The molecule has 210 valence electrons. The van der Waals surface area contributed by atoms with E-state index >= 15 is 0 Å². The van der Waals surface area contributed by atoms with Crippen molar-refractivity contribution in [2.24, 2.45) is 0 Å².